The third kappa shape index (κ3) is 6.38. The molecule has 0 radical (unpaired) electrons. The van der Waals surface area contributed by atoms with Gasteiger partial charge < -0.3 is 24.3 Å². The summed E-state index contributed by atoms with van der Waals surface area (Å²) in [6.07, 6.45) is 1.12. The predicted octanol–water partition coefficient (Wildman–Crippen LogP) is 3.66. The minimum atomic E-state index is -3.94. The second-order valence-electron chi connectivity index (χ2n) is 8.72. The summed E-state index contributed by atoms with van der Waals surface area (Å²) < 4.78 is 40.9. The van der Waals surface area contributed by atoms with Crippen LogP contribution in [0.15, 0.2) is 66.0 Å². The van der Waals surface area contributed by atoms with Crippen molar-refractivity contribution in [2.24, 2.45) is 7.05 Å². The number of para-hydroxylation sites is 1. The number of benzene rings is 2. The van der Waals surface area contributed by atoms with Crippen LogP contribution >= 0.6 is 11.8 Å². The number of amides is 1. The number of hydrogen-bond donors (Lipinski definition) is 3. The van der Waals surface area contributed by atoms with Crippen LogP contribution in [0.5, 0.6) is 0 Å². The van der Waals surface area contributed by atoms with Gasteiger partial charge in [-0.3, -0.25) is 9.52 Å². The van der Waals surface area contributed by atoms with Gasteiger partial charge in [0.15, 0.2) is 6.29 Å². The van der Waals surface area contributed by atoms with Gasteiger partial charge in [-0.25, -0.2) is 4.98 Å². The monoisotopic (exact) mass is 557 g/mol. The molecule has 1 atom stereocenters. The number of hydrogen-bond acceptors (Lipinski definition) is 7. The molecule has 0 aliphatic carbocycles. The Kier molecular flexibility index (Phi) is 8.77. The molecule has 202 valence electrons. The fourth-order valence-electron chi connectivity index (χ4n) is 4.10. The lowest BCUT2D eigenvalue weighted by atomic mass is 10.2. The molecule has 1 unspecified atom stereocenters. The molecule has 2 aromatic heterocycles. The number of aromatic nitrogens is 3. The highest BCUT2D eigenvalue weighted by Crippen LogP contribution is 2.27. The molecular formula is C26H31N5O5S2. The molecule has 12 heteroatoms. The number of imidazole rings is 1. The van der Waals surface area contributed by atoms with Crippen molar-refractivity contribution in [1.29, 1.82) is 0 Å². The van der Waals surface area contributed by atoms with E-state index >= 15 is 0 Å². The second kappa shape index (κ2) is 12.0. The van der Waals surface area contributed by atoms with Crippen molar-refractivity contribution < 1.29 is 22.7 Å². The van der Waals surface area contributed by atoms with Crippen molar-refractivity contribution in [3.63, 3.8) is 0 Å². The molecule has 0 bridgehead atoms. The molecule has 0 spiro atoms. The van der Waals surface area contributed by atoms with Crippen molar-refractivity contribution in [3.8, 4) is 0 Å². The molecule has 38 heavy (non-hydrogen) atoms. The molecule has 4 rings (SSSR count). The lowest BCUT2D eigenvalue weighted by Crippen LogP contribution is -2.39. The summed E-state index contributed by atoms with van der Waals surface area (Å²) in [4.78, 5) is 20.2. The average molecular weight is 558 g/mol. The summed E-state index contributed by atoms with van der Waals surface area (Å²) in [7, 11) is 0.816. The van der Waals surface area contributed by atoms with Crippen LogP contribution in [0.4, 0.5) is 5.69 Å². The summed E-state index contributed by atoms with van der Waals surface area (Å²) >= 11 is 1.62. The van der Waals surface area contributed by atoms with E-state index in [1.165, 1.54) is 4.57 Å². The Labute approximate surface area is 226 Å². The number of carbonyl (C=O) groups excluding carboxylic acids is 1. The first kappa shape index (κ1) is 27.7. The molecule has 10 nitrogen and oxygen atoms in total. The quantitative estimate of drug-likeness (QED) is 0.227. The molecule has 1 amide bonds. The number of aryl methyl sites for hydroxylation is 2. The van der Waals surface area contributed by atoms with Gasteiger partial charge in [0, 0.05) is 45.1 Å². The molecule has 2 heterocycles. The Morgan fingerprint density at radius 3 is 2.53 bits per heavy atom. The second-order valence-corrected chi connectivity index (χ2v) is 11.5. The van der Waals surface area contributed by atoms with Crippen LogP contribution in [0.1, 0.15) is 21.7 Å². The maximum atomic E-state index is 13.1. The van der Waals surface area contributed by atoms with Crippen molar-refractivity contribution >= 4 is 44.3 Å². The fourth-order valence-corrected chi connectivity index (χ4v) is 6.52. The van der Waals surface area contributed by atoms with Crippen molar-refractivity contribution in [2.75, 3.05) is 25.5 Å². The van der Waals surface area contributed by atoms with Gasteiger partial charge in [0.25, 0.3) is 15.9 Å². The lowest BCUT2D eigenvalue weighted by Gasteiger charge is -2.24. The minimum Gasteiger partial charge on any atom is -0.355 e. The number of ether oxygens (including phenoxy) is 2. The molecule has 4 aromatic rings. The van der Waals surface area contributed by atoms with Crippen LogP contribution in [0.25, 0.3) is 10.9 Å². The van der Waals surface area contributed by atoms with Crippen molar-refractivity contribution in [2.45, 2.75) is 29.4 Å². The third-order valence-corrected chi connectivity index (χ3v) is 8.54. The molecular weight excluding hydrogens is 526 g/mol. The first-order chi connectivity index (χ1) is 18.2. The number of nitrogens with one attached hydrogen (secondary N) is 3. The van der Waals surface area contributed by atoms with Gasteiger partial charge in [0.1, 0.15) is 5.69 Å². The summed E-state index contributed by atoms with van der Waals surface area (Å²) in [6, 6.07) is 16.9. The zero-order valence-corrected chi connectivity index (χ0v) is 23.2. The van der Waals surface area contributed by atoms with Gasteiger partial charge in [-0.1, -0.05) is 42.5 Å². The lowest BCUT2D eigenvalue weighted by molar-refractivity contribution is -0.101. The van der Waals surface area contributed by atoms with Gasteiger partial charge in [0.05, 0.1) is 22.1 Å². The van der Waals surface area contributed by atoms with Gasteiger partial charge in [-0.15, -0.1) is 11.8 Å². The van der Waals surface area contributed by atoms with E-state index in [0.717, 1.165) is 11.3 Å². The topological polar surface area (TPSA) is 127 Å². The summed E-state index contributed by atoms with van der Waals surface area (Å²) in [6.45, 7) is 2.03. The number of sulfonamides is 1. The third-order valence-electron chi connectivity index (χ3n) is 5.88. The first-order valence-electron chi connectivity index (χ1n) is 11.9. The zero-order chi connectivity index (χ0) is 27.3. The molecule has 2 aromatic carbocycles. The summed E-state index contributed by atoms with van der Waals surface area (Å²) in [5.41, 5.74) is 2.87. The molecule has 0 saturated heterocycles. The number of rotatable bonds is 12. The van der Waals surface area contributed by atoms with Crippen LogP contribution < -0.4 is 10.0 Å². The van der Waals surface area contributed by atoms with Crippen LogP contribution in [0, 0.1) is 6.92 Å². The zero-order valence-electron chi connectivity index (χ0n) is 21.6. The van der Waals surface area contributed by atoms with Crippen molar-refractivity contribution in [3.05, 3.63) is 77.7 Å². The van der Waals surface area contributed by atoms with E-state index in [-0.39, 0.29) is 16.3 Å². The van der Waals surface area contributed by atoms with Gasteiger partial charge in [0.2, 0.25) is 5.16 Å². The SMILES string of the molecule is COC(OC)C(CNC(=O)c1cc2cccc(NS(=O)(=O)c3nc(C)cn3C)c2[nH]1)SCc1ccccc1. The molecule has 0 aliphatic heterocycles. The van der Waals surface area contributed by atoms with Gasteiger partial charge in [-0.2, -0.15) is 8.42 Å². The highest BCUT2D eigenvalue weighted by atomic mass is 32.2. The highest BCUT2D eigenvalue weighted by Gasteiger charge is 2.24. The number of fused-ring (bicyclic) bond motifs is 1. The van der Waals surface area contributed by atoms with Crippen LogP contribution in [0.2, 0.25) is 0 Å². The number of carbonyl (C=O) groups is 1. The van der Waals surface area contributed by atoms with E-state index in [9.17, 15) is 13.2 Å². The minimum absolute atomic E-state index is 0.0959. The number of aromatic amines is 1. The average Bonchev–Trinajstić information content (AvgIpc) is 3.50. The first-order valence-corrected chi connectivity index (χ1v) is 14.4. The van der Waals surface area contributed by atoms with Crippen molar-refractivity contribution in [1.82, 2.24) is 19.9 Å². The maximum Gasteiger partial charge on any atom is 0.295 e. The molecule has 0 aliphatic rings. The number of nitrogens with zero attached hydrogens (tertiary/aromatic N) is 2. The molecule has 0 fully saturated rings. The fraction of sp³-hybridized carbons (Fsp3) is 0.308. The number of anilines is 1. The summed E-state index contributed by atoms with van der Waals surface area (Å²) in [5.74, 6) is 0.404. The van der Waals surface area contributed by atoms with Gasteiger partial charge >= 0.3 is 0 Å². The number of methoxy groups -OCH3 is 2. The Bertz CT molecular complexity index is 1500. The summed E-state index contributed by atoms with van der Waals surface area (Å²) in [5, 5.41) is 3.37. The number of H-pyrrole nitrogens is 1. The van der Waals surface area contributed by atoms with Crippen LogP contribution in [-0.4, -0.2) is 61.2 Å². The Morgan fingerprint density at radius 2 is 1.87 bits per heavy atom. The van der Waals surface area contributed by atoms with E-state index < -0.39 is 16.3 Å². The highest BCUT2D eigenvalue weighted by molar-refractivity contribution is 7.99. The largest absolute Gasteiger partial charge is 0.355 e. The Morgan fingerprint density at radius 1 is 1.13 bits per heavy atom. The predicted molar refractivity (Wildman–Crippen MR) is 149 cm³/mol. The van der Waals surface area contributed by atoms with E-state index in [2.05, 4.69) is 20.0 Å². The van der Waals surface area contributed by atoms with E-state index in [0.29, 0.717) is 34.5 Å². The standard InChI is InChI=1S/C26H31N5O5S2/c1-17-15-31(2)26(28-17)38(33,34)30-20-12-8-11-19-13-21(29-23(19)20)24(32)27-14-22(25(35-3)36-4)37-16-18-9-6-5-7-10-18/h5-13,15,22,25,29-30H,14,16H2,1-4H3,(H,27,32). The van der Waals surface area contributed by atoms with Crippen LogP contribution in [-0.2, 0) is 32.3 Å². The smallest absolute Gasteiger partial charge is 0.295 e. The Hall–Kier alpha value is -3.32. The molecule has 0 saturated carbocycles. The number of thioether (sulfide) groups is 1. The van der Waals surface area contributed by atoms with Crippen LogP contribution in [0.3, 0.4) is 0 Å². The molecule has 3 N–H and O–H groups in total. The van der Waals surface area contributed by atoms with E-state index in [4.69, 9.17) is 9.47 Å². The normalized spacial score (nSPS) is 12.7. The van der Waals surface area contributed by atoms with E-state index in [1.807, 2.05) is 30.3 Å². The van der Waals surface area contributed by atoms with E-state index in [1.54, 1.807) is 70.4 Å². The maximum absolute atomic E-state index is 13.1. The van der Waals surface area contributed by atoms with Gasteiger partial charge in [-0.05, 0) is 24.6 Å². The Balaban J connectivity index is 1.49.